The molecular weight excluding hydrogens is 601 g/mol. The average Bonchev–Trinajstić information content (AvgIpc) is 3.42. The van der Waals surface area contributed by atoms with Crippen LogP contribution in [-0.4, -0.2) is 52.7 Å². The van der Waals surface area contributed by atoms with E-state index < -0.39 is 16.2 Å². The van der Waals surface area contributed by atoms with Gasteiger partial charge >= 0.3 is 16.2 Å². The van der Waals surface area contributed by atoms with E-state index in [4.69, 9.17) is 28.2 Å². The van der Waals surface area contributed by atoms with Crippen LogP contribution in [0.4, 0.5) is 5.69 Å². The summed E-state index contributed by atoms with van der Waals surface area (Å²) in [5, 5.41) is 16.2. The number of fused-ring (bicyclic) bond motifs is 3. The lowest BCUT2D eigenvalue weighted by molar-refractivity contribution is 0.0686. The number of benzene rings is 2. The van der Waals surface area contributed by atoms with Crippen molar-refractivity contribution in [1.29, 1.82) is 0 Å². The number of hydrogen-bond donors (Lipinski definition) is 2. The number of aryl methyl sites for hydroxylation is 1. The lowest BCUT2D eigenvalue weighted by Crippen LogP contribution is -2.29. The first-order valence-electron chi connectivity index (χ1n) is 11.6. The number of carboxylic acid groups (broad SMARTS) is 1. The number of hydrogen-bond acceptors (Lipinski definition) is 7. The summed E-state index contributed by atoms with van der Waals surface area (Å²) in [5.41, 5.74) is 4.47. The highest BCUT2D eigenvalue weighted by Gasteiger charge is 2.31. The summed E-state index contributed by atoms with van der Waals surface area (Å²) >= 11 is 15.6. The first-order chi connectivity index (χ1) is 18.4. The molecule has 204 valence electrons. The van der Waals surface area contributed by atoms with Crippen molar-refractivity contribution in [2.45, 2.75) is 29.7 Å². The van der Waals surface area contributed by atoms with Crippen molar-refractivity contribution in [2.75, 3.05) is 18.8 Å². The molecule has 0 spiro atoms. The molecule has 0 amide bonds. The van der Waals surface area contributed by atoms with Gasteiger partial charge in [0.25, 0.3) is 0 Å². The molecule has 3 heterocycles. The normalized spacial score (nSPS) is 14.8. The highest BCUT2D eigenvalue weighted by molar-refractivity contribution is 8.01. The van der Waals surface area contributed by atoms with Crippen molar-refractivity contribution in [3.8, 4) is 16.4 Å². The number of rotatable bonds is 7. The molecule has 0 radical (unpaired) electrons. The van der Waals surface area contributed by atoms with Crippen LogP contribution in [0.15, 0.2) is 40.6 Å². The lowest BCUT2D eigenvalue weighted by Gasteiger charge is -2.21. The standard InChI is InChI=1S/C25H23Cl2N5O4S3/c1-12-15(9-14-7-5-6-8-20(14)30-39(35,36)31(3)4)22(23(33)34)32(29-12)25-28-21-17-11-19(27)18(26)10-16(17)13(2)37-24(21)38-25/h5-8,10-11,13,30H,9H2,1-4H3,(H,33,34). The summed E-state index contributed by atoms with van der Waals surface area (Å²) in [6.45, 7) is 3.79. The van der Waals surface area contributed by atoms with Gasteiger partial charge in [0, 0.05) is 36.9 Å². The number of nitrogens with one attached hydrogen (secondary N) is 1. The fourth-order valence-electron chi connectivity index (χ4n) is 4.29. The smallest absolute Gasteiger partial charge is 0.355 e. The van der Waals surface area contributed by atoms with Crippen LogP contribution >= 0.6 is 46.3 Å². The molecule has 2 aromatic carbocycles. The van der Waals surface area contributed by atoms with Crippen LogP contribution in [0.25, 0.3) is 16.4 Å². The third-order valence-electron chi connectivity index (χ3n) is 6.33. The third kappa shape index (κ3) is 5.17. The number of thiazole rings is 1. The van der Waals surface area contributed by atoms with Gasteiger partial charge in [0.1, 0.15) is 0 Å². The largest absolute Gasteiger partial charge is 0.476 e. The minimum absolute atomic E-state index is 0.0312. The lowest BCUT2D eigenvalue weighted by atomic mass is 10.0. The number of carboxylic acids is 1. The SMILES string of the molecule is Cc1nn(-c2nc3c(s2)SC(C)c2cc(Cl)c(Cl)cc2-3)c(C(=O)O)c1Cc1ccccc1NS(=O)(=O)N(C)C. The van der Waals surface area contributed by atoms with Crippen LogP contribution in [0.5, 0.6) is 0 Å². The first-order valence-corrected chi connectivity index (χ1v) is 15.5. The van der Waals surface area contributed by atoms with Crippen molar-refractivity contribution in [2.24, 2.45) is 0 Å². The fraction of sp³-hybridized carbons (Fsp3) is 0.240. The minimum Gasteiger partial charge on any atom is -0.476 e. The van der Waals surface area contributed by atoms with E-state index in [9.17, 15) is 18.3 Å². The number of thioether (sulfide) groups is 1. The van der Waals surface area contributed by atoms with Crippen LogP contribution in [-0.2, 0) is 16.6 Å². The Labute approximate surface area is 244 Å². The van der Waals surface area contributed by atoms with E-state index >= 15 is 0 Å². The average molecular weight is 625 g/mol. The van der Waals surface area contributed by atoms with E-state index in [1.165, 1.54) is 30.1 Å². The van der Waals surface area contributed by atoms with Crippen LogP contribution in [0.3, 0.4) is 0 Å². The van der Waals surface area contributed by atoms with Crippen LogP contribution in [0.2, 0.25) is 10.0 Å². The molecule has 0 bridgehead atoms. The fourth-order valence-corrected chi connectivity index (χ4v) is 7.82. The predicted octanol–water partition coefficient (Wildman–Crippen LogP) is 6.29. The Morgan fingerprint density at radius 3 is 2.59 bits per heavy atom. The molecule has 14 heteroatoms. The number of carbonyl (C=O) groups is 1. The van der Waals surface area contributed by atoms with Gasteiger partial charge in [-0.1, -0.05) is 52.7 Å². The second-order valence-corrected chi connectivity index (χ2v) is 14.4. The Morgan fingerprint density at radius 2 is 1.90 bits per heavy atom. The van der Waals surface area contributed by atoms with Gasteiger partial charge in [-0.3, -0.25) is 4.72 Å². The number of para-hydroxylation sites is 1. The molecule has 2 aromatic heterocycles. The number of anilines is 1. The van der Waals surface area contributed by atoms with E-state index in [1.54, 1.807) is 49.0 Å². The topological polar surface area (TPSA) is 117 Å². The molecule has 9 nitrogen and oxygen atoms in total. The molecule has 1 unspecified atom stereocenters. The zero-order valence-electron chi connectivity index (χ0n) is 21.2. The van der Waals surface area contributed by atoms with Gasteiger partial charge in [-0.05, 0) is 43.2 Å². The van der Waals surface area contributed by atoms with E-state index in [0.29, 0.717) is 43.4 Å². The van der Waals surface area contributed by atoms with E-state index in [2.05, 4.69) is 16.7 Å². The van der Waals surface area contributed by atoms with Gasteiger partial charge < -0.3 is 5.11 Å². The zero-order valence-corrected chi connectivity index (χ0v) is 25.2. The molecule has 4 aromatic rings. The van der Waals surface area contributed by atoms with Crippen molar-refractivity contribution in [3.63, 3.8) is 0 Å². The number of aromatic carboxylic acids is 1. The molecule has 0 saturated heterocycles. The maximum atomic E-state index is 12.6. The molecule has 39 heavy (non-hydrogen) atoms. The first kappa shape index (κ1) is 27.9. The summed E-state index contributed by atoms with van der Waals surface area (Å²) in [7, 11) is -0.908. The third-order valence-corrected chi connectivity index (χ3v) is 10.9. The summed E-state index contributed by atoms with van der Waals surface area (Å²) in [4.78, 5) is 17.4. The van der Waals surface area contributed by atoms with Gasteiger partial charge in [-0.2, -0.15) is 22.5 Å². The van der Waals surface area contributed by atoms with Crippen LogP contribution in [0, 0.1) is 6.92 Å². The molecular formula is C25H23Cl2N5O4S3. The Kier molecular flexibility index (Phi) is 7.46. The molecule has 1 aliphatic rings. The Bertz CT molecular complexity index is 1730. The van der Waals surface area contributed by atoms with Gasteiger partial charge in [0.15, 0.2) is 5.69 Å². The Hall–Kier alpha value is -2.61. The summed E-state index contributed by atoms with van der Waals surface area (Å²) in [6, 6.07) is 10.5. The molecule has 0 aliphatic carbocycles. The maximum Gasteiger partial charge on any atom is 0.355 e. The number of nitrogens with zero attached hydrogens (tertiary/aromatic N) is 4. The monoisotopic (exact) mass is 623 g/mol. The highest BCUT2D eigenvalue weighted by Crippen LogP contribution is 2.53. The predicted molar refractivity (Wildman–Crippen MR) is 156 cm³/mol. The Balaban J connectivity index is 1.59. The summed E-state index contributed by atoms with van der Waals surface area (Å²) < 4.78 is 30.8. The van der Waals surface area contributed by atoms with E-state index in [1.807, 2.05) is 6.07 Å². The van der Waals surface area contributed by atoms with Gasteiger partial charge in [-0.25, -0.2) is 9.78 Å². The highest BCUT2D eigenvalue weighted by atomic mass is 35.5. The van der Waals surface area contributed by atoms with Gasteiger partial charge in [0.2, 0.25) is 5.13 Å². The zero-order chi connectivity index (χ0) is 28.2. The van der Waals surface area contributed by atoms with Crippen LogP contribution in [0.1, 0.15) is 45.0 Å². The number of halogens is 2. The van der Waals surface area contributed by atoms with E-state index in [0.717, 1.165) is 19.6 Å². The van der Waals surface area contributed by atoms with Crippen molar-refractivity contribution < 1.29 is 18.3 Å². The molecule has 0 saturated carbocycles. The second kappa shape index (κ2) is 10.4. The van der Waals surface area contributed by atoms with Gasteiger partial charge in [-0.15, -0.1) is 11.8 Å². The van der Waals surface area contributed by atoms with E-state index in [-0.39, 0.29) is 17.4 Å². The van der Waals surface area contributed by atoms with Crippen molar-refractivity contribution in [3.05, 3.63) is 74.5 Å². The molecule has 1 aliphatic heterocycles. The summed E-state index contributed by atoms with van der Waals surface area (Å²) in [6.07, 6.45) is 0.146. The molecule has 5 rings (SSSR count). The van der Waals surface area contributed by atoms with Crippen molar-refractivity contribution >= 4 is 68.2 Å². The Morgan fingerprint density at radius 1 is 1.21 bits per heavy atom. The molecule has 0 fully saturated rings. The number of aromatic nitrogens is 3. The van der Waals surface area contributed by atoms with Gasteiger partial charge in [0.05, 0.1) is 31.3 Å². The molecule has 2 N–H and O–H groups in total. The second-order valence-electron chi connectivity index (χ2n) is 9.10. The summed E-state index contributed by atoms with van der Waals surface area (Å²) in [5.74, 6) is -1.17. The maximum absolute atomic E-state index is 12.6. The van der Waals surface area contributed by atoms with Crippen molar-refractivity contribution in [1.82, 2.24) is 19.1 Å². The van der Waals surface area contributed by atoms with Crippen LogP contribution < -0.4 is 4.72 Å². The molecule has 1 atom stereocenters. The quantitative estimate of drug-likeness (QED) is 0.248. The minimum atomic E-state index is -3.76.